The summed E-state index contributed by atoms with van der Waals surface area (Å²) >= 11 is 0. The standard InChI is InChI=1S/C22H28N2O3/c1-3-4-15-19(23)20(27-22(26)18-13-9-6-10-14-18)21(25)24-16(2)17-11-7-5-8-12-17/h5-14,16,19-20H,3-4,15,23H2,1-2H3,(H,24,25)/t16-,19+,20?/m1/s1. The summed E-state index contributed by atoms with van der Waals surface area (Å²) in [6.45, 7) is 3.94. The average Bonchev–Trinajstić information content (AvgIpc) is 2.71. The van der Waals surface area contributed by atoms with E-state index in [9.17, 15) is 9.59 Å². The van der Waals surface area contributed by atoms with Gasteiger partial charge >= 0.3 is 5.97 Å². The predicted molar refractivity (Wildman–Crippen MR) is 106 cm³/mol. The molecule has 144 valence electrons. The van der Waals surface area contributed by atoms with Crippen LogP contribution in [-0.4, -0.2) is 24.0 Å². The number of hydrogen-bond acceptors (Lipinski definition) is 4. The van der Waals surface area contributed by atoms with Gasteiger partial charge in [0, 0.05) is 0 Å². The van der Waals surface area contributed by atoms with Crippen LogP contribution in [0.4, 0.5) is 0 Å². The Labute approximate surface area is 160 Å². The van der Waals surface area contributed by atoms with Crippen molar-refractivity contribution < 1.29 is 14.3 Å². The quantitative estimate of drug-likeness (QED) is 0.663. The molecule has 5 nitrogen and oxygen atoms in total. The Morgan fingerprint density at radius 2 is 1.63 bits per heavy atom. The smallest absolute Gasteiger partial charge is 0.338 e. The zero-order valence-electron chi connectivity index (χ0n) is 15.9. The minimum absolute atomic E-state index is 0.213. The maximum Gasteiger partial charge on any atom is 0.338 e. The highest BCUT2D eigenvalue weighted by Gasteiger charge is 2.30. The number of unbranched alkanes of at least 4 members (excludes halogenated alkanes) is 1. The van der Waals surface area contributed by atoms with Crippen molar-refractivity contribution in [1.29, 1.82) is 0 Å². The van der Waals surface area contributed by atoms with Gasteiger partial charge in [0.1, 0.15) is 0 Å². The molecule has 0 spiro atoms. The summed E-state index contributed by atoms with van der Waals surface area (Å²) in [6, 6.07) is 17.5. The summed E-state index contributed by atoms with van der Waals surface area (Å²) in [4.78, 5) is 25.3. The molecule has 2 rings (SSSR count). The second-order valence-electron chi connectivity index (χ2n) is 6.64. The van der Waals surface area contributed by atoms with Crippen molar-refractivity contribution >= 4 is 11.9 Å². The maximum atomic E-state index is 12.8. The molecule has 0 saturated heterocycles. The van der Waals surface area contributed by atoms with Crippen LogP contribution in [-0.2, 0) is 9.53 Å². The molecule has 0 bridgehead atoms. The summed E-state index contributed by atoms with van der Waals surface area (Å²) in [5, 5.41) is 2.91. The molecule has 0 aromatic heterocycles. The highest BCUT2D eigenvalue weighted by Crippen LogP contribution is 2.15. The molecule has 0 aliphatic rings. The summed E-state index contributed by atoms with van der Waals surface area (Å²) in [5.41, 5.74) is 7.58. The molecule has 1 amide bonds. The molecule has 0 saturated carbocycles. The van der Waals surface area contributed by atoms with Gasteiger partial charge in [-0.2, -0.15) is 0 Å². The molecule has 0 radical (unpaired) electrons. The van der Waals surface area contributed by atoms with Gasteiger partial charge in [0.15, 0.2) is 6.10 Å². The van der Waals surface area contributed by atoms with Crippen molar-refractivity contribution in [3.63, 3.8) is 0 Å². The van der Waals surface area contributed by atoms with Gasteiger partial charge in [-0.25, -0.2) is 4.79 Å². The number of carbonyl (C=O) groups is 2. The second-order valence-corrected chi connectivity index (χ2v) is 6.64. The van der Waals surface area contributed by atoms with Crippen LogP contribution in [0, 0.1) is 0 Å². The number of nitrogens with one attached hydrogen (secondary N) is 1. The van der Waals surface area contributed by atoms with Crippen LogP contribution >= 0.6 is 0 Å². The fourth-order valence-corrected chi connectivity index (χ4v) is 2.80. The SMILES string of the molecule is CCCC[C@H](N)C(OC(=O)c1ccccc1)C(=O)N[C@H](C)c1ccccc1. The third-order valence-electron chi connectivity index (χ3n) is 4.44. The number of hydrogen-bond donors (Lipinski definition) is 2. The van der Waals surface area contributed by atoms with Crippen LogP contribution in [0.1, 0.15) is 55.1 Å². The van der Waals surface area contributed by atoms with Gasteiger partial charge < -0.3 is 15.8 Å². The van der Waals surface area contributed by atoms with E-state index in [0.717, 1.165) is 18.4 Å². The first kappa shape index (κ1) is 20.6. The summed E-state index contributed by atoms with van der Waals surface area (Å²) in [7, 11) is 0. The Balaban J connectivity index is 2.10. The van der Waals surface area contributed by atoms with Crippen molar-refractivity contribution in [1.82, 2.24) is 5.32 Å². The third kappa shape index (κ3) is 6.22. The Morgan fingerprint density at radius 3 is 2.22 bits per heavy atom. The van der Waals surface area contributed by atoms with Crippen LogP contribution in [0.2, 0.25) is 0 Å². The van der Waals surface area contributed by atoms with E-state index in [2.05, 4.69) is 12.2 Å². The molecule has 0 aliphatic carbocycles. The molecule has 3 N–H and O–H groups in total. The van der Waals surface area contributed by atoms with Gasteiger partial charge in [-0.1, -0.05) is 68.3 Å². The zero-order valence-corrected chi connectivity index (χ0v) is 15.9. The first-order chi connectivity index (χ1) is 13.0. The first-order valence-electron chi connectivity index (χ1n) is 9.39. The van der Waals surface area contributed by atoms with Gasteiger partial charge in [0.05, 0.1) is 17.6 Å². The van der Waals surface area contributed by atoms with E-state index in [4.69, 9.17) is 10.5 Å². The Kier molecular flexibility index (Phi) is 8.01. The average molecular weight is 368 g/mol. The molecule has 27 heavy (non-hydrogen) atoms. The summed E-state index contributed by atoms with van der Waals surface area (Å²) in [5.74, 6) is -0.922. The molecule has 0 aliphatic heterocycles. The molecule has 3 atom stereocenters. The molecule has 5 heteroatoms. The summed E-state index contributed by atoms with van der Waals surface area (Å²) in [6.07, 6.45) is 1.39. The number of rotatable bonds is 9. The van der Waals surface area contributed by atoms with Gasteiger partial charge in [-0.3, -0.25) is 4.79 Å². The zero-order chi connectivity index (χ0) is 19.6. The lowest BCUT2D eigenvalue weighted by Crippen LogP contribution is -2.49. The molecule has 2 aromatic rings. The number of esters is 1. The molecular weight excluding hydrogens is 340 g/mol. The Hall–Kier alpha value is -2.66. The maximum absolute atomic E-state index is 12.8. The van der Waals surface area contributed by atoms with Crippen molar-refractivity contribution in [2.75, 3.05) is 0 Å². The molecule has 0 heterocycles. The molecule has 0 fully saturated rings. The van der Waals surface area contributed by atoms with E-state index in [0.29, 0.717) is 12.0 Å². The predicted octanol–water partition coefficient (Wildman–Crippen LogP) is 3.61. The van der Waals surface area contributed by atoms with E-state index in [1.54, 1.807) is 24.3 Å². The third-order valence-corrected chi connectivity index (χ3v) is 4.44. The van der Waals surface area contributed by atoms with E-state index in [-0.39, 0.29) is 11.9 Å². The van der Waals surface area contributed by atoms with Gasteiger partial charge in [-0.05, 0) is 31.0 Å². The number of amides is 1. The lowest BCUT2D eigenvalue weighted by Gasteiger charge is -2.25. The van der Waals surface area contributed by atoms with Gasteiger partial charge in [0.2, 0.25) is 0 Å². The van der Waals surface area contributed by atoms with Crippen molar-refractivity contribution in [2.24, 2.45) is 5.73 Å². The van der Waals surface area contributed by atoms with E-state index >= 15 is 0 Å². The molecular formula is C22H28N2O3. The fraction of sp³-hybridized carbons (Fsp3) is 0.364. The minimum Gasteiger partial charge on any atom is -0.447 e. The van der Waals surface area contributed by atoms with Crippen LogP contribution in [0.3, 0.4) is 0 Å². The minimum atomic E-state index is -1.03. The highest BCUT2D eigenvalue weighted by molar-refractivity contribution is 5.92. The topological polar surface area (TPSA) is 81.4 Å². The normalized spacial score (nSPS) is 14.0. The van der Waals surface area contributed by atoms with Crippen molar-refractivity contribution in [3.05, 3.63) is 71.8 Å². The van der Waals surface area contributed by atoms with Crippen LogP contribution < -0.4 is 11.1 Å². The highest BCUT2D eigenvalue weighted by atomic mass is 16.5. The lowest BCUT2D eigenvalue weighted by molar-refractivity contribution is -0.131. The van der Waals surface area contributed by atoms with Crippen molar-refractivity contribution in [3.8, 4) is 0 Å². The first-order valence-corrected chi connectivity index (χ1v) is 9.39. The molecule has 1 unspecified atom stereocenters. The largest absolute Gasteiger partial charge is 0.447 e. The number of nitrogens with two attached hydrogens (primary N) is 1. The Morgan fingerprint density at radius 1 is 1.04 bits per heavy atom. The number of benzene rings is 2. The van der Waals surface area contributed by atoms with E-state index in [1.807, 2.05) is 43.3 Å². The number of carbonyl (C=O) groups excluding carboxylic acids is 2. The van der Waals surface area contributed by atoms with Crippen molar-refractivity contribution in [2.45, 2.75) is 51.3 Å². The number of ether oxygens (including phenoxy) is 1. The van der Waals surface area contributed by atoms with Crippen LogP contribution in [0.5, 0.6) is 0 Å². The van der Waals surface area contributed by atoms with E-state index < -0.39 is 18.1 Å². The van der Waals surface area contributed by atoms with Crippen LogP contribution in [0.15, 0.2) is 60.7 Å². The van der Waals surface area contributed by atoms with Gasteiger partial charge in [-0.15, -0.1) is 0 Å². The second kappa shape index (κ2) is 10.5. The molecule has 2 aromatic carbocycles. The van der Waals surface area contributed by atoms with Crippen LogP contribution in [0.25, 0.3) is 0 Å². The monoisotopic (exact) mass is 368 g/mol. The summed E-state index contributed by atoms with van der Waals surface area (Å²) < 4.78 is 5.52. The fourth-order valence-electron chi connectivity index (χ4n) is 2.80. The lowest BCUT2D eigenvalue weighted by atomic mass is 10.0. The van der Waals surface area contributed by atoms with Gasteiger partial charge in [0.25, 0.3) is 5.91 Å². The Bertz CT molecular complexity index is 719. The van der Waals surface area contributed by atoms with E-state index in [1.165, 1.54) is 0 Å².